The fourth-order valence-electron chi connectivity index (χ4n) is 2.15. The molecule has 0 heterocycles. The molecular formula is C20H17BrCl4O5. The summed E-state index contributed by atoms with van der Waals surface area (Å²) in [7, 11) is 0. The van der Waals surface area contributed by atoms with Crippen molar-refractivity contribution in [2.24, 2.45) is 5.41 Å². The number of alkyl halides is 1. The van der Waals surface area contributed by atoms with Crippen LogP contribution in [0.3, 0.4) is 0 Å². The molecule has 30 heavy (non-hydrogen) atoms. The monoisotopic (exact) mass is 556 g/mol. The van der Waals surface area contributed by atoms with Crippen molar-refractivity contribution in [3.8, 4) is 11.5 Å². The Kier molecular flexibility index (Phi) is 9.13. The van der Waals surface area contributed by atoms with Gasteiger partial charge in [0.2, 0.25) is 5.01 Å². The average Bonchev–Trinajstić information content (AvgIpc) is 2.67. The molecular weight excluding hydrogens is 542 g/mol. The van der Waals surface area contributed by atoms with Gasteiger partial charge in [-0.3, -0.25) is 4.79 Å². The fourth-order valence-corrected chi connectivity index (χ4v) is 3.88. The predicted molar refractivity (Wildman–Crippen MR) is 122 cm³/mol. The van der Waals surface area contributed by atoms with Crippen molar-refractivity contribution in [2.75, 3.05) is 13.2 Å². The fraction of sp³-hybridized carbons (Fsp3) is 0.300. The zero-order valence-corrected chi connectivity index (χ0v) is 20.5. The number of hydrogen-bond donors (Lipinski definition) is 0. The minimum atomic E-state index is -1.04. The molecule has 0 N–H and O–H groups in total. The van der Waals surface area contributed by atoms with Gasteiger partial charge in [0.05, 0.1) is 15.5 Å². The third-order valence-electron chi connectivity index (χ3n) is 3.83. The van der Waals surface area contributed by atoms with Crippen molar-refractivity contribution >= 4 is 74.1 Å². The summed E-state index contributed by atoms with van der Waals surface area (Å²) in [6.07, 6.45) is 0. The van der Waals surface area contributed by atoms with Crippen LogP contribution in [0.25, 0.3) is 0 Å². The van der Waals surface area contributed by atoms with Crippen LogP contribution in [0.4, 0.5) is 0 Å². The Balaban J connectivity index is 1.88. The van der Waals surface area contributed by atoms with Crippen molar-refractivity contribution < 1.29 is 23.8 Å². The second-order valence-electron chi connectivity index (χ2n) is 6.78. The van der Waals surface area contributed by atoms with Gasteiger partial charge in [0.25, 0.3) is 0 Å². The molecule has 0 radical (unpaired) electrons. The Bertz CT molecular complexity index is 935. The van der Waals surface area contributed by atoms with Crippen molar-refractivity contribution in [3.63, 3.8) is 0 Å². The molecule has 0 bridgehead atoms. The van der Waals surface area contributed by atoms with Crippen LogP contribution in [-0.2, 0) is 14.3 Å². The van der Waals surface area contributed by atoms with E-state index in [0.717, 1.165) is 0 Å². The minimum Gasteiger partial charge on any atom is -0.480 e. The Labute approximate surface area is 202 Å². The van der Waals surface area contributed by atoms with Crippen LogP contribution >= 0.6 is 62.3 Å². The van der Waals surface area contributed by atoms with E-state index in [1.54, 1.807) is 38.1 Å². The van der Waals surface area contributed by atoms with E-state index >= 15 is 0 Å². The largest absolute Gasteiger partial charge is 0.480 e. The maximum atomic E-state index is 12.7. The number of esters is 1. The summed E-state index contributed by atoms with van der Waals surface area (Å²) in [5.41, 5.74) is -1.04. The van der Waals surface area contributed by atoms with Gasteiger partial charge in [-0.25, -0.2) is 4.79 Å². The van der Waals surface area contributed by atoms with Crippen molar-refractivity contribution in [2.45, 2.75) is 18.9 Å². The highest BCUT2D eigenvalue weighted by molar-refractivity contribution is 9.09. The zero-order valence-electron chi connectivity index (χ0n) is 15.9. The van der Waals surface area contributed by atoms with E-state index in [9.17, 15) is 9.59 Å². The van der Waals surface area contributed by atoms with Gasteiger partial charge in [-0.2, -0.15) is 0 Å². The topological polar surface area (TPSA) is 61.8 Å². The Morgan fingerprint density at radius 2 is 1.50 bits per heavy atom. The number of halogens is 5. The number of carbonyl (C=O) groups excluding carboxylic acids is 2. The predicted octanol–water partition coefficient (Wildman–Crippen LogP) is 6.62. The zero-order chi connectivity index (χ0) is 22.5. The van der Waals surface area contributed by atoms with Crippen LogP contribution in [0.5, 0.6) is 11.5 Å². The lowest BCUT2D eigenvalue weighted by atomic mass is 9.89. The lowest BCUT2D eigenvalue weighted by Crippen LogP contribution is -2.39. The summed E-state index contributed by atoms with van der Waals surface area (Å²) >= 11 is 26.9. The number of hydrogen-bond acceptors (Lipinski definition) is 5. The van der Waals surface area contributed by atoms with Gasteiger partial charge in [0.1, 0.15) is 18.1 Å². The molecule has 5 nitrogen and oxygen atoms in total. The Hall–Kier alpha value is -1.18. The van der Waals surface area contributed by atoms with Crippen LogP contribution in [0, 0.1) is 5.41 Å². The molecule has 2 aromatic carbocycles. The summed E-state index contributed by atoms with van der Waals surface area (Å²) in [5.74, 6) is -0.419. The molecule has 0 aliphatic carbocycles. The molecule has 0 amide bonds. The van der Waals surface area contributed by atoms with Gasteiger partial charge in [0, 0.05) is 10.0 Å². The van der Waals surface area contributed by atoms with E-state index in [-0.39, 0.29) is 34.8 Å². The van der Waals surface area contributed by atoms with Crippen LogP contribution in [0.1, 0.15) is 13.8 Å². The molecule has 162 valence electrons. The third-order valence-corrected chi connectivity index (χ3v) is 5.49. The van der Waals surface area contributed by atoms with Gasteiger partial charge >= 0.3 is 5.97 Å². The van der Waals surface area contributed by atoms with Crippen LogP contribution in [0.15, 0.2) is 36.4 Å². The maximum absolute atomic E-state index is 12.7. The van der Waals surface area contributed by atoms with Gasteiger partial charge in [-0.05, 0) is 66.2 Å². The summed E-state index contributed by atoms with van der Waals surface area (Å²) in [5, 5.41) is 0.419. The molecule has 0 aliphatic heterocycles. The second-order valence-corrected chi connectivity index (χ2v) is 9.30. The minimum absolute atomic E-state index is 0.178. The number of ether oxygens (including phenoxy) is 3. The molecule has 0 fully saturated rings. The highest BCUT2D eigenvalue weighted by Gasteiger charge is 2.35. The van der Waals surface area contributed by atoms with Crippen molar-refractivity contribution in [3.05, 3.63) is 56.5 Å². The van der Waals surface area contributed by atoms with E-state index in [1.807, 2.05) is 0 Å². The Morgan fingerprint density at radius 1 is 0.967 bits per heavy atom. The van der Waals surface area contributed by atoms with Crippen LogP contribution in [-0.4, -0.2) is 30.0 Å². The standard InChI is InChI=1S/C20H17BrCl4O5/c1-20(2,18(27)19(21)30-16-6-4-12(23)8-14(16)25)10-29-17(26)9-28-15-5-3-11(22)7-13(15)24/h3-8,19H,9-10H2,1-2H3. The quantitative estimate of drug-likeness (QED) is 0.256. The first-order valence-corrected chi connectivity index (χ1v) is 11.0. The number of ketones is 1. The van der Waals surface area contributed by atoms with Gasteiger partial charge in [-0.1, -0.05) is 46.4 Å². The van der Waals surface area contributed by atoms with E-state index in [2.05, 4.69) is 15.9 Å². The van der Waals surface area contributed by atoms with Crippen molar-refractivity contribution in [1.29, 1.82) is 0 Å². The smallest absolute Gasteiger partial charge is 0.344 e. The number of carbonyl (C=O) groups is 2. The van der Waals surface area contributed by atoms with E-state index in [4.69, 9.17) is 60.6 Å². The summed E-state index contributed by atoms with van der Waals surface area (Å²) in [4.78, 5) is 24.7. The first-order chi connectivity index (χ1) is 14.0. The number of Topliss-reactive ketones (excluding diaryl/α,β-unsaturated/α-hetero) is 1. The highest BCUT2D eigenvalue weighted by atomic mass is 79.9. The van der Waals surface area contributed by atoms with E-state index in [0.29, 0.717) is 15.8 Å². The molecule has 10 heteroatoms. The van der Waals surface area contributed by atoms with Crippen LogP contribution < -0.4 is 9.47 Å². The lowest BCUT2D eigenvalue weighted by Gasteiger charge is -2.25. The molecule has 2 aromatic rings. The maximum Gasteiger partial charge on any atom is 0.344 e. The van der Waals surface area contributed by atoms with Crippen molar-refractivity contribution in [1.82, 2.24) is 0 Å². The second kappa shape index (κ2) is 10.9. The van der Waals surface area contributed by atoms with Gasteiger partial charge in [0.15, 0.2) is 12.4 Å². The summed E-state index contributed by atoms with van der Waals surface area (Å²) in [6.45, 7) is 2.70. The summed E-state index contributed by atoms with van der Waals surface area (Å²) < 4.78 is 16.1. The molecule has 0 saturated carbocycles. The molecule has 1 atom stereocenters. The van der Waals surface area contributed by atoms with Gasteiger partial charge < -0.3 is 14.2 Å². The van der Waals surface area contributed by atoms with E-state index < -0.39 is 16.4 Å². The number of benzene rings is 2. The first-order valence-electron chi connectivity index (χ1n) is 8.53. The van der Waals surface area contributed by atoms with Gasteiger partial charge in [-0.15, -0.1) is 0 Å². The highest BCUT2D eigenvalue weighted by Crippen LogP contribution is 2.31. The molecule has 1 unspecified atom stereocenters. The molecule has 2 rings (SSSR count). The molecule has 0 aliphatic rings. The Morgan fingerprint density at radius 3 is 2.03 bits per heavy atom. The average molecular weight is 559 g/mol. The van der Waals surface area contributed by atoms with E-state index in [1.165, 1.54) is 12.1 Å². The number of rotatable bonds is 9. The lowest BCUT2D eigenvalue weighted by molar-refractivity contribution is -0.151. The SMILES string of the molecule is CC(C)(COC(=O)COc1ccc(Cl)cc1Cl)C(=O)C(Br)Oc1ccc(Cl)cc1Cl. The first kappa shape index (κ1) is 25.1. The molecule has 0 saturated heterocycles. The molecule has 0 spiro atoms. The summed E-state index contributed by atoms with van der Waals surface area (Å²) in [6, 6.07) is 9.27. The normalized spacial score (nSPS) is 12.2. The van der Waals surface area contributed by atoms with Crippen LogP contribution in [0.2, 0.25) is 20.1 Å². The third kappa shape index (κ3) is 7.20. The molecule has 0 aromatic heterocycles.